The molecular formula is C50H94NaO10P. The molecule has 0 aliphatic heterocycles. The van der Waals surface area contributed by atoms with Gasteiger partial charge in [-0.15, -0.1) is 0 Å². The van der Waals surface area contributed by atoms with Crippen LogP contribution in [0.15, 0.2) is 24.3 Å². The van der Waals surface area contributed by atoms with Gasteiger partial charge in [0.25, 0.3) is 7.82 Å². The van der Waals surface area contributed by atoms with Gasteiger partial charge >= 0.3 is 41.5 Å². The molecule has 2 unspecified atom stereocenters. The number of carbonyl (C=O) groups excluding carboxylic acids is 2. The molecule has 12 heteroatoms. The number of phosphoric ester groups is 1. The van der Waals surface area contributed by atoms with Gasteiger partial charge in [0.15, 0.2) is 6.10 Å². The predicted molar refractivity (Wildman–Crippen MR) is 249 cm³/mol. The first-order chi connectivity index (χ1) is 29.7. The number of rotatable bonds is 48. The largest absolute Gasteiger partial charge is 1.00 e. The Bertz CT molecular complexity index is 1070. The van der Waals surface area contributed by atoms with Gasteiger partial charge in [-0.2, -0.15) is 0 Å². The van der Waals surface area contributed by atoms with E-state index in [2.05, 4.69) is 42.7 Å². The van der Waals surface area contributed by atoms with Crippen molar-refractivity contribution in [3.05, 3.63) is 24.3 Å². The summed E-state index contributed by atoms with van der Waals surface area (Å²) in [5, 5.41) is 18.3. The van der Waals surface area contributed by atoms with E-state index in [1.165, 1.54) is 167 Å². The van der Waals surface area contributed by atoms with Gasteiger partial charge in [-0.1, -0.05) is 192 Å². The summed E-state index contributed by atoms with van der Waals surface area (Å²) >= 11 is 0. The minimum absolute atomic E-state index is 0. The minimum atomic E-state index is -4.87. The van der Waals surface area contributed by atoms with Gasteiger partial charge in [0.2, 0.25) is 0 Å². The zero-order valence-corrected chi connectivity index (χ0v) is 43.3. The maximum atomic E-state index is 12.7. The van der Waals surface area contributed by atoms with Crippen molar-refractivity contribution in [3.63, 3.8) is 0 Å². The Morgan fingerprint density at radius 2 is 0.823 bits per heavy atom. The molecule has 0 saturated carbocycles. The number of aliphatic hydroxyl groups excluding tert-OH is 2. The average molecular weight is 909 g/mol. The molecule has 0 radical (unpaired) electrons. The molecule has 0 aliphatic rings. The summed E-state index contributed by atoms with van der Waals surface area (Å²) in [6.07, 6.45) is 48.3. The molecule has 2 N–H and O–H groups in total. The Morgan fingerprint density at radius 3 is 1.19 bits per heavy atom. The fourth-order valence-electron chi connectivity index (χ4n) is 7.16. The first-order valence-corrected chi connectivity index (χ1v) is 26.7. The van der Waals surface area contributed by atoms with Crippen LogP contribution in [0.25, 0.3) is 0 Å². The molecule has 0 saturated heterocycles. The van der Waals surface area contributed by atoms with Crippen molar-refractivity contribution in [2.45, 2.75) is 257 Å². The molecule has 0 aromatic carbocycles. The average Bonchev–Trinajstić information content (AvgIpc) is 3.25. The Balaban J connectivity index is 0. The van der Waals surface area contributed by atoms with Gasteiger partial charge < -0.3 is 33.6 Å². The standard InChI is InChI=1S/C50H95O10P.Na/c1-3-5-7-9-11-13-15-17-19-21-23-25-27-29-31-33-35-37-39-41-49(53)57-45-48(46-59-61(55,56)58-44-47(52)43-51)60-50(54)42-40-38-36-34-32-30-28-26-24-22-20-18-16-14-12-10-8-6-4-2;/h17-20,47-48,51-52H,3-16,21-46H2,1-2H3,(H,55,56);/q;+1/p-1/b19-17-,20-18-;/t47?,48-;/m1./s1. The van der Waals surface area contributed by atoms with E-state index in [0.717, 1.165) is 38.5 Å². The quantitative estimate of drug-likeness (QED) is 0.0198. The molecule has 0 bridgehead atoms. The first kappa shape index (κ1) is 63.5. The topological polar surface area (TPSA) is 152 Å². The third kappa shape index (κ3) is 48.9. The van der Waals surface area contributed by atoms with Crippen LogP contribution in [0.1, 0.15) is 245 Å². The van der Waals surface area contributed by atoms with Gasteiger partial charge in [-0.3, -0.25) is 14.2 Å². The maximum absolute atomic E-state index is 12.7. The molecule has 0 fully saturated rings. The monoisotopic (exact) mass is 909 g/mol. The van der Waals surface area contributed by atoms with Crippen molar-refractivity contribution in [1.82, 2.24) is 0 Å². The third-order valence-electron chi connectivity index (χ3n) is 11.1. The molecule has 0 aliphatic carbocycles. The van der Waals surface area contributed by atoms with E-state index in [1.807, 2.05) is 0 Å². The molecular weight excluding hydrogens is 815 g/mol. The van der Waals surface area contributed by atoms with E-state index in [0.29, 0.717) is 12.8 Å². The molecule has 0 spiro atoms. The van der Waals surface area contributed by atoms with Crippen molar-refractivity contribution < 1.29 is 77.3 Å². The van der Waals surface area contributed by atoms with Gasteiger partial charge in [-0.05, 0) is 64.2 Å². The number of ether oxygens (including phenoxy) is 2. The summed E-state index contributed by atoms with van der Waals surface area (Å²) in [6.45, 7) is 2.23. The van der Waals surface area contributed by atoms with Crippen molar-refractivity contribution in [2.75, 3.05) is 26.4 Å². The summed E-state index contributed by atoms with van der Waals surface area (Å²) in [5.74, 6) is -0.955. The molecule has 0 heterocycles. The normalized spacial score (nSPS) is 13.6. The summed E-state index contributed by atoms with van der Waals surface area (Å²) in [7, 11) is -4.87. The molecule has 360 valence electrons. The summed E-state index contributed by atoms with van der Waals surface area (Å²) < 4.78 is 32.5. The number of aliphatic hydroxyl groups is 2. The molecule has 0 aromatic heterocycles. The van der Waals surface area contributed by atoms with Crippen LogP contribution in [0.5, 0.6) is 0 Å². The molecule has 62 heavy (non-hydrogen) atoms. The second-order valence-electron chi connectivity index (χ2n) is 17.2. The Morgan fingerprint density at radius 1 is 0.500 bits per heavy atom. The van der Waals surface area contributed by atoms with Crippen molar-refractivity contribution in [1.29, 1.82) is 0 Å². The molecule has 10 nitrogen and oxygen atoms in total. The van der Waals surface area contributed by atoms with Gasteiger partial charge in [0.05, 0.1) is 19.8 Å². The van der Waals surface area contributed by atoms with Crippen LogP contribution in [0.4, 0.5) is 0 Å². The van der Waals surface area contributed by atoms with E-state index >= 15 is 0 Å². The third-order valence-corrected chi connectivity index (χ3v) is 12.0. The zero-order chi connectivity index (χ0) is 44.8. The number of phosphoric acid groups is 1. The summed E-state index contributed by atoms with van der Waals surface area (Å²) in [4.78, 5) is 37.3. The van der Waals surface area contributed by atoms with E-state index in [4.69, 9.17) is 19.1 Å². The second kappa shape index (κ2) is 49.9. The first-order valence-electron chi connectivity index (χ1n) is 25.3. The molecule has 0 amide bonds. The zero-order valence-electron chi connectivity index (χ0n) is 40.4. The van der Waals surface area contributed by atoms with E-state index in [1.54, 1.807) is 0 Å². The second-order valence-corrected chi connectivity index (χ2v) is 18.6. The number of carbonyl (C=O) groups is 2. The van der Waals surface area contributed by atoms with Crippen LogP contribution in [0.3, 0.4) is 0 Å². The number of hydrogen-bond acceptors (Lipinski definition) is 10. The Kier molecular flexibility index (Phi) is 51.1. The van der Waals surface area contributed by atoms with Crippen LogP contribution < -0.4 is 34.5 Å². The van der Waals surface area contributed by atoms with Crippen molar-refractivity contribution in [3.8, 4) is 0 Å². The fraction of sp³-hybridized carbons (Fsp3) is 0.880. The fourth-order valence-corrected chi connectivity index (χ4v) is 7.93. The van der Waals surface area contributed by atoms with E-state index in [9.17, 15) is 24.2 Å². The van der Waals surface area contributed by atoms with Gasteiger partial charge in [0, 0.05) is 12.8 Å². The molecule has 3 atom stereocenters. The predicted octanol–water partition coefficient (Wildman–Crippen LogP) is 10.5. The molecule has 0 aromatic rings. The van der Waals surface area contributed by atoms with Crippen molar-refractivity contribution >= 4 is 19.8 Å². The van der Waals surface area contributed by atoms with Crippen LogP contribution in [0, 0.1) is 0 Å². The minimum Gasteiger partial charge on any atom is -0.756 e. The van der Waals surface area contributed by atoms with Gasteiger partial charge in [0.1, 0.15) is 12.7 Å². The summed E-state index contributed by atoms with van der Waals surface area (Å²) in [6, 6.07) is 0. The Hall–Kier alpha value is -0.550. The maximum Gasteiger partial charge on any atom is 1.00 e. The number of unbranched alkanes of at least 4 members (excludes halogenated alkanes) is 30. The van der Waals surface area contributed by atoms with E-state index < -0.39 is 51.8 Å². The van der Waals surface area contributed by atoms with Gasteiger partial charge in [-0.25, -0.2) is 0 Å². The van der Waals surface area contributed by atoms with Crippen LogP contribution in [-0.2, 0) is 32.7 Å². The van der Waals surface area contributed by atoms with Crippen LogP contribution >= 0.6 is 7.82 Å². The van der Waals surface area contributed by atoms with E-state index in [-0.39, 0.29) is 49.0 Å². The number of hydrogen-bond donors (Lipinski definition) is 2. The van der Waals surface area contributed by atoms with Crippen LogP contribution in [0.2, 0.25) is 0 Å². The number of esters is 2. The summed E-state index contributed by atoms with van der Waals surface area (Å²) in [5.41, 5.74) is 0. The van der Waals surface area contributed by atoms with Crippen molar-refractivity contribution in [2.24, 2.45) is 0 Å². The smallest absolute Gasteiger partial charge is 0.756 e. The number of allylic oxidation sites excluding steroid dienone is 4. The Labute approximate surface area is 402 Å². The van der Waals surface area contributed by atoms with Crippen LogP contribution in [-0.4, -0.2) is 60.8 Å². The molecule has 0 rings (SSSR count). The SMILES string of the molecule is CCCCCCCC/C=C\CCCCCCCCCCCC(=O)OC[C@H](COP(=O)([O-])OCC(O)CO)OC(=O)CCCCCCCCCCC/C=C\CCCCCCCC.[Na+].